The van der Waals surface area contributed by atoms with Crippen molar-refractivity contribution in [2.45, 2.75) is 27.2 Å². The molecule has 26 heavy (non-hydrogen) atoms. The van der Waals surface area contributed by atoms with E-state index in [0.29, 0.717) is 18.3 Å². The molecule has 0 radical (unpaired) electrons. The minimum atomic E-state index is 0.0690. The minimum absolute atomic E-state index is 0.0690. The maximum absolute atomic E-state index is 12.4. The molecule has 5 nitrogen and oxygen atoms in total. The number of piperazine rings is 1. The monoisotopic (exact) mass is 360 g/mol. The molecule has 1 aromatic carbocycles. The van der Waals surface area contributed by atoms with Gasteiger partial charge in [-0.25, -0.2) is 0 Å². The second kappa shape index (κ2) is 10.2. The molecular weight excluding hydrogens is 328 g/mol. The average Bonchev–Trinajstić information content (AvgIpc) is 2.64. The Labute approximate surface area is 157 Å². The highest BCUT2D eigenvalue weighted by Crippen LogP contribution is 2.28. The number of amides is 1. The van der Waals surface area contributed by atoms with Crippen molar-refractivity contribution in [2.75, 3.05) is 46.4 Å². The number of methoxy groups -OCH3 is 1. The van der Waals surface area contributed by atoms with Gasteiger partial charge in [-0.15, -0.1) is 0 Å². The maximum atomic E-state index is 12.4. The van der Waals surface area contributed by atoms with Crippen LogP contribution < -0.4 is 9.47 Å². The summed E-state index contributed by atoms with van der Waals surface area (Å²) in [4.78, 5) is 16.8. The SMILES string of the molecule is CCCOc1ccc(/C=C/C(=O)N2CCN(CC(C)C)CC2)cc1OC. The fourth-order valence-corrected chi connectivity index (χ4v) is 3.06. The molecule has 2 rings (SSSR count). The molecule has 1 amide bonds. The number of hydrogen-bond donors (Lipinski definition) is 0. The van der Waals surface area contributed by atoms with Crippen molar-refractivity contribution >= 4 is 12.0 Å². The largest absolute Gasteiger partial charge is 0.493 e. The van der Waals surface area contributed by atoms with Crippen molar-refractivity contribution in [1.82, 2.24) is 9.80 Å². The van der Waals surface area contributed by atoms with Gasteiger partial charge in [0.25, 0.3) is 0 Å². The fourth-order valence-electron chi connectivity index (χ4n) is 3.06. The van der Waals surface area contributed by atoms with E-state index in [1.807, 2.05) is 29.2 Å². The Morgan fingerprint density at radius 1 is 1.19 bits per heavy atom. The third-order valence-electron chi connectivity index (χ3n) is 4.38. The molecule has 0 atom stereocenters. The molecule has 1 aromatic rings. The van der Waals surface area contributed by atoms with Gasteiger partial charge in [0.2, 0.25) is 5.91 Å². The molecule has 0 aliphatic carbocycles. The van der Waals surface area contributed by atoms with Gasteiger partial charge in [-0.2, -0.15) is 0 Å². The highest BCUT2D eigenvalue weighted by atomic mass is 16.5. The highest BCUT2D eigenvalue weighted by molar-refractivity contribution is 5.92. The summed E-state index contributed by atoms with van der Waals surface area (Å²) < 4.78 is 11.1. The van der Waals surface area contributed by atoms with Gasteiger partial charge in [0.05, 0.1) is 13.7 Å². The first-order valence-electron chi connectivity index (χ1n) is 9.53. The Morgan fingerprint density at radius 2 is 1.92 bits per heavy atom. The van der Waals surface area contributed by atoms with E-state index in [9.17, 15) is 4.79 Å². The summed E-state index contributed by atoms with van der Waals surface area (Å²) in [5.41, 5.74) is 0.928. The minimum Gasteiger partial charge on any atom is -0.493 e. The molecule has 0 bridgehead atoms. The first-order chi connectivity index (χ1) is 12.5. The first kappa shape index (κ1) is 20.3. The Bertz CT molecular complexity index is 605. The zero-order valence-corrected chi connectivity index (χ0v) is 16.5. The summed E-state index contributed by atoms with van der Waals surface area (Å²) in [5.74, 6) is 2.16. The molecule has 144 valence electrons. The van der Waals surface area contributed by atoms with E-state index in [2.05, 4.69) is 25.7 Å². The Kier molecular flexibility index (Phi) is 7.98. The van der Waals surface area contributed by atoms with E-state index in [0.717, 1.165) is 50.5 Å². The van der Waals surface area contributed by atoms with Crippen molar-refractivity contribution in [1.29, 1.82) is 0 Å². The standard InChI is InChI=1S/C21H32N2O3/c1-5-14-26-19-8-6-18(15-20(19)25-4)7-9-21(24)23-12-10-22(11-13-23)16-17(2)3/h6-9,15,17H,5,10-14,16H2,1-4H3/b9-7+. The summed E-state index contributed by atoms with van der Waals surface area (Å²) in [5, 5.41) is 0. The van der Waals surface area contributed by atoms with Crippen molar-refractivity contribution in [2.24, 2.45) is 5.92 Å². The third kappa shape index (κ3) is 6.06. The molecule has 0 aromatic heterocycles. The van der Waals surface area contributed by atoms with Gasteiger partial charge in [-0.05, 0) is 36.1 Å². The van der Waals surface area contributed by atoms with Crippen LogP contribution in [0.5, 0.6) is 11.5 Å². The van der Waals surface area contributed by atoms with E-state index in [-0.39, 0.29) is 5.91 Å². The number of ether oxygens (including phenoxy) is 2. The second-order valence-electron chi connectivity index (χ2n) is 7.11. The molecule has 1 aliphatic rings. The predicted octanol–water partition coefficient (Wildman–Crippen LogP) is 3.30. The molecule has 0 saturated carbocycles. The van der Waals surface area contributed by atoms with Crippen molar-refractivity contribution in [3.05, 3.63) is 29.8 Å². The maximum Gasteiger partial charge on any atom is 0.246 e. The first-order valence-corrected chi connectivity index (χ1v) is 9.53. The molecule has 1 fully saturated rings. The number of nitrogens with zero attached hydrogens (tertiary/aromatic N) is 2. The number of carbonyl (C=O) groups is 1. The van der Waals surface area contributed by atoms with Crippen LogP contribution in [-0.2, 0) is 4.79 Å². The molecule has 1 aliphatic heterocycles. The van der Waals surface area contributed by atoms with Gasteiger partial charge in [-0.1, -0.05) is 26.8 Å². The summed E-state index contributed by atoms with van der Waals surface area (Å²) in [6.07, 6.45) is 4.44. The average molecular weight is 360 g/mol. The van der Waals surface area contributed by atoms with E-state index in [1.54, 1.807) is 13.2 Å². The van der Waals surface area contributed by atoms with E-state index >= 15 is 0 Å². The Morgan fingerprint density at radius 3 is 2.54 bits per heavy atom. The van der Waals surface area contributed by atoms with Crippen LogP contribution in [0.15, 0.2) is 24.3 Å². The smallest absolute Gasteiger partial charge is 0.246 e. The highest BCUT2D eigenvalue weighted by Gasteiger charge is 2.19. The summed E-state index contributed by atoms with van der Waals surface area (Å²) >= 11 is 0. The van der Waals surface area contributed by atoms with Crippen molar-refractivity contribution in [3.63, 3.8) is 0 Å². The van der Waals surface area contributed by atoms with Crippen LogP contribution >= 0.6 is 0 Å². The van der Waals surface area contributed by atoms with Crippen LogP contribution in [-0.4, -0.2) is 62.1 Å². The van der Waals surface area contributed by atoms with Crippen LogP contribution in [0.2, 0.25) is 0 Å². The molecule has 1 heterocycles. The summed E-state index contributed by atoms with van der Waals surface area (Å²) in [6, 6.07) is 5.73. The predicted molar refractivity (Wildman–Crippen MR) is 106 cm³/mol. The number of rotatable bonds is 8. The van der Waals surface area contributed by atoms with Gasteiger partial charge in [0, 0.05) is 38.8 Å². The van der Waals surface area contributed by atoms with Gasteiger partial charge in [-0.3, -0.25) is 9.69 Å². The van der Waals surface area contributed by atoms with Crippen LogP contribution in [0.4, 0.5) is 0 Å². The molecule has 0 spiro atoms. The lowest BCUT2D eigenvalue weighted by Gasteiger charge is -2.35. The zero-order chi connectivity index (χ0) is 18.9. The van der Waals surface area contributed by atoms with Crippen LogP contribution in [0.3, 0.4) is 0 Å². The van der Waals surface area contributed by atoms with Crippen LogP contribution in [0, 0.1) is 5.92 Å². The van der Waals surface area contributed by atoms with E-state index in [4.69, 9.17) is 9.47 Å². The topological polar surface area (TPSA) is 42.0 Å². The lowest BCUT2D eigenvalue weighted by molar-refractivity contribution is -0.127. The lowest BCUT2D eigenvalue weighted by Crippen LogP contribution is -2.49. The van der Waals surface area contributed by atoms with Crippen LogP contribution in [0.25, 0.3) is 6.08 Å². The number of benzene rings is 1. The number of hydrogen-bond acceptors (Lipinski definition) is 4. The molecule has 1 saturated heterocycles. The van der Waals surface area contributed by atoms with Gasteiger partial charge < -0.3 is 14.4 Å². The van der Waals surface area contributed by atoms with E-state index < -0.39 is 0 Å². The normalized spacial score (nSPS) is 15.7. The number of carbonyl (C=O) groups excluding carboxylic acids is 1. The fraction of sp³-hybridized carbons (Fsp3) is 0.571. The van der Waals surface area contributed by atoms with Crippen LogP contribution in [0.1, 0.15) is 32.8 Å². The summed E-state index contributed by atoms with van der Waals surface area (Å²) in [7, 11) is 1.63. The van der Waals surface area contributed by atoms with Gasteiger partial charge in [0.1, 0.15) is 0 Å². The summed E-state index contributed by atoms with van der Waals surface area (Å²) in [6.45, 7) is 11.8. The van der Waals surface area contributed by atoms with Gasteiger partial charge in [0.15, 0.2) is 11.5 Å². The lowest BCUT2D eigenvalue weighted by atomic mass is 10.1. The molecular formula is C21H32N2O3. The third-order valence-corrected chi connectivity index (χ3v) is 4.38. The quantitative estimate of drug-likeness (QED) is 0.667. The zero-order valence-electron chi connectivity index (χ0n) is 16.5. The molecule has 5 heteroatoms. The van der Waals surface area contributed by atoms with Crippen molar-refractivity contribution < 1.29 is 14.3 Å². The molecule has 0 N–H and O–H groups in total. The second-order valence-corrected chi connectivity index (χ2v) is 7.11. The van der Waals surface area contributed by atoms with Crippen molar-refractivity contribution in [3.8, 4) is 11.5 Å². The Hall–Kier alpha value is -2.01. The van der Waals surface area contributed by atoms with Gasteiger partial charge >= 0.3 is 0 Å². The van der Waals surface area contributed by atoms with E-state index in [1.165, 1.54) is 0 Å². The molecule has 0 unspecified atom stereocenters. The Balaban J connectivity index is 1.91.